The van der Waals surface area contributed by atoms with E-state index in [9.17, 15) is 18.4 Å². The van der Waals surface area contributed by atoms with Gasteiger partial charge in [0, 0.05) is 21.1 Å². The molecule has 2 nitrogen and oxygen atoms in total. The molecule has 0 N–H and O–H groups in total. The van der Waals surface area contributed by atoms with Crippen LogP contribution in [0.4, 0.5) is 13.2 Å². The fraction of sp³-hybridized carbons (Fsp3) is 0.381. The predicted molar refractivity (Wildman–Crippen MR) is 107 cm³/mol. The van der Waals surface area contributed by atoms with Crippen molar-refractivity contribution in [1.82, 2.24) is 0 Å². The van der Waals surface area contributed by atoms with Gasteiger partial charge in [-0.1, -0.05) is 6.07 Å². The normalized spacial score (nSPS) is 22.6. The quantitative estimate of drug-likeness (QED) is 0.512. The maximum absolute atomic E-state index is 13.0. The lowest BCUT2D eigenvalue weighted by atomic mass is 9.92. The third-order valence-corrected chi connectivity index (χ3v) is 6.82. The highest BCUT2D eigenvalue weighted by Gasteiger charge is 2.36. The average Bonchev–Trinajstić information content (AvgIpc) is 2.66. The van der Waals surface area contributed by atoms with Crippen molar-refractivity contribution in [2.45, 2.75) is 46.6 Å². The molecule has 0 aliphatic carbocycles. The van der Waals surface area contributed by atoms with E-state index in [-0.39, 0.29) is 10.9 Å². The second-order valence-corrected chi connectivity index (χ2v) is 9.54. The SMILES string of the molecule is CSc1cc(C#N)cc(C2CC(C)(Sc3cccc(C(F)(F)F)c3)CCO2)c1. The molecule has 148 valence electrons. The van der Waals surface area contributed by atoms with Crippen molar-refractivity contribution in [1.29, 1.82) is 5.26 Å². The lowest BCUT2D eigenvalue weighted by Gasteiger charge is -2.38. The fourth-order valence-electron chi connectivity index (χ4n) is 3.29. The third-order valence-electron chi connectivity index (χ3n) is 4.76. The lowest BCUT2D eigenvalue weighted by Crippen LogP contribution is -2.31. The van der Waals surface area contributed by atoms with E-state index in [1.807, 2.05) is 24.5 Å². The zero-order valence-electron chi connectivity index (χ0n) is 15.5. The Hall–Kier alpha value is -1.62. The van der Waals surface area contributed by atoms with Crippen LogP contribution in [0.2, 0.25) is 0 Å². The van der Waals surface area contributed by atoms with Gasteiger partial charge in [0.2, 0.25) is 0 Å². The first kappa shape index (κ1) is 21.1. The van der Waals surface area contributed by atoms with Crippen LogP contribution in [0.15, 0.2) is 52.3 Å². The van der Waals surface area contributed by atoms with Gasteiger partial charge in [0.05, 0.1) is 23.3 Å². The highest BCUT2D eigenvalue weighted by molar-refractivity contribution is 8.00. The first-order chi connectivity index (χ1) is 13.2. The summed E-state index contributed by atoms with van der Waals surface area (Å²) in [7, 11) is 0. The number of nitrogens with zero attached hydrogens (tertiary/aromatic N) is 1. The van der Waals surface area contributed by atoms with Crippen LogP contribution in [0.3, 0.4) is 0 Å². The minimum Gasteiger partial charge on any atom is -0.373 e. The van der Waals surface area contributed by atoms with Crippen molar-refractivity contribution < 1.29 is 17.9 Å². The van der Waals surface area contributed by atoms with E-state index in [2.05, 4.69) is 13.0 Å². The summed E-state index contributed by atoms with van der Waals surface area (Å²) < 4.78 is 44.7. The van der Waals surface area contributed by atoms with Gasteiger partial charge in [-0.2, -0.15) is 18.4 Å². The molecule has 7 heteroatoms. The van der Waals surface area contributed by atoms with E-state index >= 15 is 0 Å². The monoisotopic (exact) mass is 423 g/mol. The number of alkyl halides is 3. The molecule has 0 saturated carbocycles. The van der Waals surface area contributed by atoms with Crippen LogP contribution in [-0.2, 0) is 10.9 Å². The van der Waals surface area contributed by atoms with Crippen molar-refractivity contribution >= 4 is 23.5 Å². The van der Waals surface area contributed by atoms with Gasteiger partial charge in [0.15, 0.2) is 0 Å². The van der Waals surface area contributed by atoms with Gasteiger partial charge < -0.3 is 4.74 Å². The molecule has 1 aliphatic rings. The van der Waals surface area contributed by atoms with E-state index in [0.29, 0.717) is 23.5 Å². The molecule has 2 aromatic rings. The maximum atomic E-state index is 13.0. The molecule has 1 heterocycles. The van der Waals surface area contributed by atoms with Gasteiger partial charge in [-0.3, -0.25) is 0 Å². The average molecular weight is 424 g/mol. The Morgan fingerprint density at radius 3 is 2.64 bits per heavy atom. The number of nitriles is 1. The molecule has 0 radical (unpaired) electrons. The largest absolute Gasteiger partial charge is 0.416 e. The van der Waals surface area contributed by atoms with E-state index in [4.69, 9.17) is 4.74 Å². The molecular formula is C21H20F3NOS2. The van der Waals surface area contributed by atoms with Gasteiger partial charge in [-0.05, 0) is 68.0 Å². The van der Waals surface area contributed by atoms with Crippen molar-refractivity contribution in [3.63, 3.8) is 0 Å². The summed E-state index contributed by atoms with van der Waals surface area (Å²) in [4.78, 5) is 1.60. The Morgan fingerprint density at radius 2 is 1.96 bits per heavy atom. The maximum Gasteiger partial charge on any atom is 0.416 e. The van der Waals surface area contributed by atoms with E-state index in [1.165, 1.54) is 23.9 Å². The zero-order valence-corrected chi connectivity index (χ0v) is 17.2. The Bertz CT molecular complexity index is 894. The highest BCUT2D eigenvalue weighted by atomic mass is 32.2. The molecular weight excluding hydrogens is 403 g/mol. The van der Waals surface area contributed by atoms with Crippen LogP contribution in [0.1, 0.15) is 42.6 Å². The van der Waals surface area contributed by atoms with Crippen LogP contribution >= 0.6 is 23.5 Å². The molecule has 3 rings (SSSR count). The van der Waals surface area contributed by atoms with Crippen molar-refractivity contribution in [2.24, 2.45) is 0 Å². The standard InChI is InChI=1S/C21H20F3NOS2/c1-20(28-17-5-3-4-16(11-17)21(22,23)24)6-7-26-19(12-20)15-8-14(13-25)9-18(10-15)27-2/h3-5,8-11,19H,6-7,12H2,1-2H3. The number of thioether (sulfide) groups is 2. The Balaban J connectivity index is 1.82. The van der Waals surface area contributed by atoms with Crippen LogP contribution in [0, 0.1) is 11.3 Å². The Kier molecular flexibility index (Phi) is 6.33. The predicted octanol–water partition coefficient (Wildman–Crippen LogP) is 6.70. The molecule has 0 amide bonds. The van der Waals surface area contributed by atoms with Gasteiger partial charge >= 0.3 is 6.18 Å². The summed E-state index contributed by atoms with van der Waals surface area (Å²) in [6, 6.07) is 13.4. The van der Waals surface area contributed by atoms with Gasteiger partial charge in [0.25, 0.3) is 0 Å². The van der Waals surface area contributed by atoms with E-state index in [1.54, 1.807) is 17.8 Å². The van der Waals surface area contributed by atoms with E-state index < -0.39 is 11.7 Å². The molecule has 1 fully saturated rings. The number of halogens is 3. The molecule has 2 unspecified atom stereocenters. The summed E-state index contributed by atoms with van der Waals surface area (Å²) in [6.07, 6.45) is -1.16. The number of ether oxygens (including phenoxy) is 1. The molecule has 0 spiro atoms. The molecule has 28 heavy (non-hydrogen) atoms. The van der Waals surface area contributed by atoms with Crippen molar-refractivity contribution in [2.75, 3.05) is 12.9 Å². The lowest BCUT2D eigenvalue weighted by molar-refractivity contribution is -0.137. The number of benzene rings is 2. The first-order valence-corrected chi connectivity index (χ1v) is 10.8. The third kappa shape index (κ3) is 5.05. The van der Waals surface area contributed by atoms with E-state index in [0.717, 1.165) is 22.9 Å². The van der Waals surface area contributed by atoms with Crippen molar-refractivity contribution in [3.05, 3.63) is 59.2 Å². The number of hydrogen-bond acceptors (Lipinski definition) is 4. The topological polar surface area (TPSA) is 33.0 Å². The van der Waals surface area contributed by atoms with Crippen LogP contribution in [-0.4, -0.2) is 17.6 Å². The highest BCUT2D eigenvalue weighted by Crippen LogP contribution is 2.47. The molecule has 1 aliphatic heterocycles. The molecule has 1 saturated heterocycles. The molecule has 0 aromatic heterocycles. The number of rotatable bonds is 4. The summed E-state index contributed by atoms with van der Waals surface area (Å²) in [5.41, 5.74) is 0.901. The zero-order chi connectivity index (χ0) is 20.4. The summed E-state index contributed by atoms with van der Waals surface area (Å²) in [5, 5.41) is 9.27. The molecule has 0 bridgehead atoms. The smallest absolute Gasteiger partial charge is 0.373 e. The Labute approximate surface area is 171 Å². The minimum absolute atomic E-state index is 0.184. The summed E-state index contributed by atoms with van der Waals surface area (Å²) in [5.74, 6) is 0. The first-order valence-electron chi connectivity index (χ1n) is 8.79. The molecule has 2 atom stereocenters. The summed E-state index contributed by atoms with van der Waals surface area (Å²) in [6.45, 7) is 2.59. The van der Waals surface area contributed by atoms with Gasteiger partial charge in [-0.15, -0.1) is 23.5 Å². The number of hydrogen-bond donors (Lipinski definition) is 0. The van der Waals surface area contributed by atoms with Crippen molar-refractivity contribution in [3.8, 4) is 6.07 Å². The summed E-state index contributed by atoms with van der Waals surface area (Å²) >= 11 is 3.03. The van der Waals surface area contributed by atoms with Gasteiger partial charge in [0.1, 0.15) is 0 Å². The second-order valence-electron chi connectivity index (χ2n) is 7.00. The fourth-order valence-corrected chi connectivity index (χ4v) is 5.11. The van der Waals surface area contributed by atoms with Crippen LogP contribution in [0.25, 0.3) is 0 Å². The van der Waals surface area contributed by atoms with Crippen LogP contribution < -0.4 is 0 Å². The molecule has 2 aromatic carbocycles. The second kappa shape index (κ2) is 8.40. The minimum atomic E-state index is -4.35. The van der Waals surface area contributed by atoms with Gasteiger partial charge in [-0.25, -0.2) is 0 Å². The van der Waals surface area contributed by atoms with Crippen LogP contribution in [0.5, 0.6) is 0 Å². The Morgan fingerprint density at radius 1 is 1.18 bits per heavy atom.